The summed E-state index contributed by atoms with van der Waals surface area (Å²) in [7, 11) is 1.43. The molecule has 2 aromatic heterocycles. The maximum absolute atomic E-state index is 12.3. The summed E-state index contributed by atoms with van der Waals surface area (Å²) in [5, 5.41) is 15.6. The SMILES string of the molecule is COCC(C)(CC(=O)O)NC(=O)c1nc2nccc(C)n2n1. The molecule has 0 aliphatic rings. The second kappa shape index (κ2) is 6.06. The molecule has 2 aromatic rings. The average Bonchev–Trinajstić information content (AvgIpc) is 2.83. The van der Waals surface area contributed by atoms with Crippen LogP contribution >= 0.6 is 0 Å². The fourth-order valence-electron chi connectivity index (χ4n) is 2.12. The highest BCUT2D eigenvalue weighted by molar-refractivity contribution is 5.91. The predicted molar refractivity (Wildman–Crippen MR) is 75.5 cm³/mol. The van der Waals surface area contributed by atoms with Crippen molar-refractivity contribution in [2.45, 2.75) is 25.8 Å². The van der Waals surface area contributed by atoms with E-state index in [-0.39, 0.29) is 18.9 Å². The Labute approximate surface area is 126 Å². The van der Waals surface area contributed by atoms with Crippen molar-refractivity contribution in [2.24, 2.45) is 0 Å². The fourth-order valence-corrected chi connectivity index (χ4v) is 2.12. The van der Waals surface area contributed by atoms with Crippen LogP contribution < -0.4 is 5.32 Å². The molecule has 0 radical (unpaired) electrons. The number of carbonyl (C=O) groups is 2. The molecule has 118 valence electrons. The van der Waals surface area contributed by atoms with Crippen LogP contribution in [0.25, 0.3) is 5.78 Å². The quantitative estimate of drug-likeness (QED) is 0.773. The smallest absolute Gasteiger partial charge is 0.305 e. The fraction of sp³-hybridized carbons (Fsp3) is 0.462. The standard InChI is InChI=1S/C13H17N5O4/c1-8-4-5-14-12-15-10(17-18(8)12)11(21)16-13(2,7-22-3)6-9(19)20/h4-5H,6-7H2,1-3H3,(H,16,21)(H,19,20). The van der Waals surface area contributed by atoms with Crippen molar-refractivity contribution in [1.82, 2.24) is 24.9 Å². The van der Waals surface area contributed by atoms with E-state index in [0.29, 0.717) is 5.78 Å². The molecule has 2 rings (SSSR count). The van der Waals surface area contributed by atoms with E-state index < -0.39 is 17.4 Å². The lowest BCUT2D eigenvalue weighted by Gasteiger charge is -2.27. The summed E-state index contributed by atoms with van der Waals surface area (Å²) in [6.45, 7) is 3.45. The molecule has 0 aromatic carbocycles. The minimum absolute atomic E-state index is 0.0513. The summed E-state index contributed by atoms with van der Waals surface area (Å²) in [4.78, 5) is 31.3. The van der Waals surface area contributed by atoms with Gasteiger partial charge in [0.2, 0.25) is 5.82 Å². The largest absolute Gasteiger partial charge is 0.481 e. The van der Waals surface area contributed by atoms with Gasteiger partial charge in [-0.15, -0.1) is 5.10 Å². The zero-order chi connectivity index (χ0) is 16.3. The molecule has 1 atom stereocenters. The number of carbonyl (C=O) groups excluding carboxylic acids is 1. The summed E-state index contributed by atoms with van der Waals surface area (Å²) in [5.41, 5.74) is -0.279. The van der Waals surface area contributed by atoms with Gasteiger partial charge in [0.05, 0.1) is 18.6 Å². The van der Waals surface area contributed by atoms with Crippen molar-refractivity contribution < 1.29 is 19.4 Å². The van der Waals surface area contributed by atoms with E-state index >= 15 is 0 Å². The van der Waals surface area contributed by atoms with Gasteiger partial charge in [0.25, 0.3) is 11.7 Å². The normalized spacial score (nSPS) is 13.8. The molecule has 0 bridgehead atoms. The molecule has 0 aliphatic heterocycles. The molecule has 1 unspecified atom stereocenters. The molecule has 9 nitrogen and oxygen atoms in total. The first-order valence-electron chi connectivity index (χ1n) is 6.56. The topological polar surface area (TPSA) is 119 Å². The highest BCUT2D eigenvalue weighted by Crippen LogP contribution is 2.12. The molecular formula is C13H17N5O4. The Morgan fingerprint density at radius 3 is 2.82 bits per heavy atom. The van der Waals surface area contributed by atoms with Crippen LogP contribution in [0.2, 0.25) is 0 Å². The van der Waals surface area contributed by atoms with Gasteiger partial charge in [0.15, 0.2) is 0 Å². The third-order valence-corrected chi connectivity index (χ3v) is 3.05. The summed E-state index contributed by atoms with van der Waals surface area (Å²) < 4.78 is 6.43. The maximum Gasteiger partial charge on any atom is 0.305 e. The number of nitrogens with one attached hydrogen (secondary N) is 1. The lowest BCUT2D eigenvalue weighted by molar-refractivity contribution is -0.139. The zero-order valence-corrected chi connectivity index (χ0v) is 12.5. The van der Waals surface area contributed by atoms with Gasteiger partial charge in [-0.2, -0.15) is 4.98 Å². The number of methoxy groups -OCH3 is 1. The molecule has 0 fully saturated rings. The number of carboxylic acid groups (broad SMARTS) is 1. The third kappa shape index (κ3) is 3.37. The first-order valence-corrected chi connectivity index (χ1v) is 6.56. The first-order chi connectivity index (χ1) is 10.3. The second-order valence-corrected chi connectivity index (χ2v) is 5.25. The van der Waals surface area contributed by atoms with E-state index in [0.717, 1.165) is 5.69 Å². The van der Waals surface area contributed by atoms with Crippen LogP contribution in [0.15, 0.2) is 12.3 Å². The van der Waals surface area contributed by atoms with E-state index in [1.807, 2.05) is 6.92 Å². The van der Waals surface area contributed by atoms with Crippen LogP contribution in [0.4, 0.5) is 0 Å². The van der Waals surface area contributed by atoms with Gasteiger partial charge in [0.1, 0.15) is 0 Å². The molecular weight excluding hydrogens is 290 g/mol. The van der Waals surface area contributed by atoms with Crippen LogP contribution in [0.5, 0.6) is 0 Å². The number of aromatic nitrogens is 4. The van der Waals surface area contributed by atoms with E-state index in [1.165, 1.54) is 11.6 Å². The Hall–Kier alpha value is -2.55. The van der Waals surface area contributed by atoms with Gasteiger partial charge in [-0.25, -0.2) is 9.50 Å². The summed E-state index contributed by atoms with van der Waals surface area (Å²) in [6, 6.07) is 1.74. The van der Waals surface area contributed by atoms with Crippen molar-refractivity contribution >= 4 is 17.7 Å². The molecule has 0 spiro atoms. The lowest BCUT2D eigenvalue weighted by Crippen LogP contribution is -2.51. The number of ether oxygens (including phenoxy) is 1. The van der Waals surface area contributed by atoms with Crippen LogP contribution in [0.1, 0.15) is 29.7 Å². The van der Waals surface area contributed by atoms with E-state index in [9.17, 15) is 9.59 Å². The summed E-state index contributed by atoms with van der Waals surface area (Å²) in [6.07, 6.45) is 1.29. The van der Waals surface area contributed by atoms with Gasteiger partial charge in [0, 0.05) is 19.0 Å². The van der Waals surface area contributed by atoms with Gasteiger partial charge in [-0.3, -0.25) is 9.59 Å². The Kier molecular flexibility index (Phi) is 4.36. The minimum Gasteiger partial charge on any atom is -0.481 e. The van der Waals surface area contributed by atoms with Crippen molar-refractivity contribution in [3.8, 4) is 0 Å². The number of rotatable bonds is 6. The number of hydrogen-bond donors (Lipinski definition) is 2. The predicted octanol–water partition coefficient (Wildman–Crippen LogP) is 0.0423. The maximum atomic E-state index is 12.3. The Bertz CT molecular complexity index is 714. The molecule has 22 heavy (non-hydrogen) atoms. The van der Waals surface area contributed by atoms with Gasteiger partial charge in [-0.1, -0.05) is 0 Å². The summed E-state index contributed by atoms with van der Waals surface area (Å²) >= 11 is 0. The lowest BCUT2D eigenvalue weighted by atomic mass is 9.99. The van der Waals surface area contributed by atoms with Crippen molar-refractivity contribution in [2.75, 3.05) is 13.7 Å². The van der Waals surface area contributed by atoms with Crippen LogP contribution in [-0.2, 0) is 9.53 Å². The Balaban J connectivity index is 2.25. The summed E-state index contributed by atoms with van der Waals surface area (Å²) in [5.74, 6) is -1.39. The molecule has 0 saturated carbocycles. The van der Waals surface area contributed by atoms with Gasteiger partial charge < -0.3 is 15.2 Å². The van der Waals surface area contributed by atoms with Crippen molar-refractivity contribution in [3.05, 3.63) is 23.8 Å². The zero-order valence-electron chi connectivity index (χ0n) is 12.5. The molecule has 1 amide bonds. The molecule has 0 saturated heterocycles. The van der Waals surface area contributed by atoms with Crippen LogP contribution in [0, 0.1) is 6.92 Å². The third-order valence-electron chi connectivity index (χ3n) is 3.05. The van der Waals surface area contributed by atoms with Crippen molar-refractivity contribution in [3.63, 3.8) is 0 Å². The number of aryl methyl sites for hydroxylation is 1. The highest BCUT2D eigenvalue weighted by Gasteiger charge is 2.31. The van der Waals surface area contributed by atoms with Gasteiger partial charge >= 0.3 is 5.97 Å². The van der Waals surface area contributed by atoms with E-state index in [4.69, 9.17) is 9.84 Å². The number of fused-ring (bicyclic) bond motifs is 1. The Morgan fingerprint density at radius 1 is 1.50 bits per heavy atom. The molecule has 2 N–H and O–H groups in total. The molecule has 9 heteroatoms. The van der Waals surface area contributed by atoms with E-state index in [2.05, 4.69) is 20.4 Å². The average molecular weight is 307 g/mol. The first kappa shape index (κ1) is 15.8. The molecule has 0 aliphatic carbocycles. The minimum atomic E-state index is -1.06. The number of nitrogens with zero attached hydrogens (tertiary/aromatic N) is 4. The van der Waals surface area contributed by atoms with Gasteiger partial charge in [-0.05, 0) is 19.9 Å². The van der Waals surface area contributed by atoms with Crippen LogP contribution in [0.3, 0.4) is 0 Å². The molecule has 2 heterocycles. The van der Waals surface area contributed by atoms with E-state index in [1.54, 1.807) is 19.2 Å². The van der Waals surface area contributed by atoms with Crippen LogP contribution in [-0.4, -0.2) is 55.8 Å². The number of aliphatic carboxylic acids is 1. The Morgan fingerprint density at radius 2 is 2.23 bits per heavy atom. The monoisotopic (exact) mass is 307 g/mol. The number of amides is 1. The second-order valence-electron chi connectivity index (χ2n) is 5.25. The number of carboxylic acids is 1. The highest BCUT2D eigenvalue weighted by atomic mass is 16.5. The number of hydrogen-bond acceptors (Lipinski definition) is 6. The van der Waals surface area contributed by atoms with Crippen molar-refractivity contribution in [1.29, 1.82) is 0 Å².